The molecule has 0 aliphatic carbocycles. The Balaban J connectivity index is 2.32. The first-order valence-corrected chi connectivity index (χ1v) is 8.29. The van der Waals surface area contributed by atoms with Crippen molar-refractivity contribution in [3.8, 4) is 5.75 Å². The van der Waals surface area contributed by atoms with Gasteiger partial charge in [0.25, 0.3) is 0 Å². The van der Waals surface area contributed by atoms with E-state index in [0.717, 1.165) is 0 Å². The number of nitrogens with one attached hydrogen (secondary N) is 1. The number of rotatable bonds is 2. The van der Waals surface area contributed by atoms with Crippen LogP contribution in [0.25, 0.3) is 0 Å². The van der Waals surface area contributed by atoms with Crippen LogP contribution in [0, 0.1) is 5.82 Å². The van der Waals surface area contributed by atoms with Crippen LogP contribution in [0.1, 0.15) is 18.1 Å². The first-order valence-electron chi connectivity index (χ1n) is 7.13. The molecule has 0 aromatic heterocycles. The third-order valence-electron chi connectivity index (χ3n) is 3.72. The molecule has 124 valence electrons. The fourth-order valence-electron chi connectivity index (χ4n) is 2.46. The summed E-state index contributed by atoms with van der Waals surface area (Å²) < 4.78 is 19.7. The van der Waals surface area contributed by atoms with Crippen molar-refractivity contribution in [2.45, 2.75) is 13.0 Å². The number of thiocarbonyl (C=S) groups is 1. The quantitative estimate of drug-likeness (QED) is 0.731. The molecule has 0 bridgehead atoms. The molecule has 2 aromatic carbocycles. The van der Waals surface area contributed by atoms with Crippen LogP contribution in [-0.2, 0) is 0 Å². The van der Waals surface area contributed by atoms with Gasteiger partial charge in [-0.05, 0) is 37.3 Å². The molecule has 1 aliphatic rings. The maximum absolute atomic E-state index is 14.5. The second-order valence-electron chi connectivity index (χ2n) is 5.27. The molecule has 0 amide bonds. The zero-order chi connectivity index (χ0) is 17.4. The minimum Gasteiger partial charge on any atom is -0.497 e. The summed E-state index contributed by atoms with van der Waals surface area (Å²) in [4.78, 5) is 5.10. The summed E-state index contributed by atoms with van der Waals surface area (Å²) >= 11 is 17.9. The average molecular weight is 383 g/mol. The number of fused-ring (bicyclic) bond motifs is 1. The normalized spacial score (nSPS) is 16.8. The van der Waals surface area contributed by atoms with Gasteiger partial charge in [-0.1, -0.05) is 35.4 Å². The van der Waals surface area contributed by atoms with Crippen LogP contribution in [0.4, 0.5) is 10.1 Å². The SMILES string of the molecule is COc1ccc(F)c(C2=NC(C)C(=S)Nc3ccc(Cl)c(Cl)c32)c1. The van der Waals surface area contributed by atoms with Crippen LogP contribution in [0.15, 0.2) is 35.3 Å². The summed E-state index contributed by atoms with van der Waals surface area (Å²) in [6.45, 7) is 1.83. The van der Waals surface area contributed by atoms with E-state index in [-0.39, 0.29) is 11.6 Å². The number of nitrogens with zero attached hydrogens (tertiary/aromatic N) is 1. The zero-order valence-electron chi connectivity index (χ0n) is 12.9. The first kappa shape index (κ1) is 17.1. The second-order valence-corrected chi connectivity index (χ2v) is 6.50. The van der Waals surface area contributed by atoms with E-state index in [1.54, 1.807) is 24.3 Å². The minimum absolute atomic E-state index is 0.276. The zero-order valence-corrected chi connectivity index (χ0v) is 15.2. The van der Waals surface area contributed by atoms with Gasteiger partial charge in [0.15, 0.2) is 0 Å². The monoisotopic (exact) mass is 382 g/mol. The third kappa shape index (κ3) is 2.99. The summed E-state index contributed by atoms with van der Waals surface area (Å²) in [7, 11) is 1.52. The molecule has 0 radical (unpaired) electrons. The molecule has 7 heteroatoms. The van der Waals surface area contributed by atoms with Crippen molar-refractivity contribution < 1.29 is 9.13 Å². The lowest BCUT2D eigenvalue weighted by molar-refractivity contribution is 0.413. The van der Waals surface area contributed by atoms with E-state index in [0.29, 0.717) is 37.7 Å². The van der Waals surface area contributed by atoms with Gasteiger partial charge >= 0.3 is 0 Å². The van der Waals surface area contributed by atoms with Gasteiger partial charge in [-0.25, -0.2) is 4.39 Å². The number of ether oxygens (including phenoxy) is 1. The molecule has 3 rings (SSSR count). The highest BCUT2D eigenvalue weighted by Crippen LogP contribution is 2.36. The van der Waals surface area contributed by atoms with Crippen LogP contribution in [0.2, 0.25) is 10.0 Å². The average Bonchev–Trinajstić information content (AvgIpc) is 2.69. The maximum Gasteiger partial charge on any atom is 0.132 e. The Morgan fingerprint density at radius 3 is 2.71 bits per heavy atom. The number of halogens is 3. The Morgan fingerprint density at radius 1 is 1.25 bits per heavy atom. The molecule has 0 fully saturated rings. The van der Waals surface area contributed by atoms with Gasteiger partial charge in [0.1, 0.15) is 16.6 Å². The Labute approximate surface area is 154 Å². The molecule has 3 nitrogen and oxygen atoms in total. The number of anilines is 1. The largest absolute Gasteiger partial charge is 0.497 e. The molecule has 1 aliphatic heterocycles. The number of hydrogen-bond donors (Lipinski definition) is 1. The number of aliphatic imine (C=N–C) groups is 1. The van der Waals surface area contributed by atoms with Gasteiger partial charge in [-0.15, -0.1) is 0 Å². The highest BCUT2D eigenvalue weighted by molar-refractivity contribution is 7.80. The molecule has 0 saturated heterocycles. The fourth-order valence-corrected chi connectivity index (χ4v) is 3.03. The van der Waals surface area contributed by atoms with Crippen LogP contribution in [0.5, 0.6) is 5.75 Å². The van der Waals surface area contributed by atoms with Crippen molar-refractivity contribution >= 4 is 51.8 Å². The van der Waals surface area contributed by atoms with E-state index in [4.69, 9.17) is 40.2 Å². The van der Waals surface area contributed by atoms with Gasteiger partial charge in [-0.3, -0.25) is 4.99 Å². The number of benzene rings is 2. The Morgan fingerprint density at radius 2 is 2.00 bits per heavy atom. The summed E-state index contributed by atoms with van der Waals surface area (Å²) in [5.74, 6) is 0.0813. The molecular formula is C17H13Cl2FN2OS. The van der Waals surface area contributed by atoms with E-state index in [2.05, 4.69) is 10.3 Å². The summed E-state index contributed by atoms with van der Waals surface area (Å²) in [6, 6.07) is 7.52. The summed E-state index contributed by atoms with van der Waals surface area (Å²) in [5, 5.41) is 3.75. The standard InChI is InChI=1S/C17H13Cl2FN2OS/c1-8-17(24)22-13-6-4-11(18)15(19)14(13)16(21-8)10-7-9(23-2)3-5-12(10)20/h3-8H,1-2H3,(H,22,24). The maximum atomic E-state index is 14.5. The smallest absolute Gasteiger partial charge is 0.132 e. The molecule has 0 spiro atoms. The van der Waals surface area contributed by atoms with Gasteiger partial charge in [0.2, 0.25) is 0 Å². The lowest BCUT2D eigenvalue weighted by atomic mass is 9.99. The van der Waals surface area contributed by atoms with Crippen LogP contribution >= 0.6 is 35.4 Å². The minimum atomic E-state index is -0.434. The molecule has 2 aromatic rings. The van der Waals surface area contributed by atoms with E-state index in [1.807, 2.05) is 6.92 Å². The van der Waals surface area contributed by atoms with Crippen molar-refractivity contribution in [3.63, 3.8) is 0 Å². The van der Waals surface area contributed by atoms with Crippen molar-refractivity contribution in [1.82, 2.24) is 0 Å². The van der Waals surface area contributed by atoms with E-state index >= 15 is 0 Å². The van der Waals surface area contributed by atoms with Gasteiger partial charge in [-0.2, -0.15) is 0 Å². The Bertz CT molecular complexity index is 870. The highest BCUT2D eigenvalue weighted by Gasteiger charge is 2.26. The summed E-state index contributed by atoms with van der Waals surface area (Å²) in [5.41, 5.74) is 1.81. The number of hydrogen-bond acceptors (Lipinski definition) is 3. The molecule has 0 saturated carbocycles. The molecule has 1 unspecified atom stereocenters. The molecule has 1 heterocycles. The molecule has 1 atom stereocenters. The van der Waals surface area contributed by atoms with Crippen LogP contribution in [0.3, 0.4) is 0 Å². The molecule has 24 heavy (non-hydrogen) atoms. The van der Waals surface area contributed by atoms with Gasteiger partial charge < -0.3 is 10.1 Å². The van der Waals surface area contributed by atoms with Crippen molar-refractivity contribution in [3.05, 3.63) is 57.3 Å². The first-order chi connectivity index (χ1) is 11.4. The topological polar surface area (TPSA) is 33.6 Å². The van der Waals surface area contributed by atoms with Crippen molar-refractivity contribution in [2.24, 2.45) is 4.99 Å². The molecule has 1 N–H and O–H groups in total. The lowest BCUT2D eigenvalue weighted by Gasteiger charge is -2.14. The van der Waals surface area contributed by atoms with E-state index in [9.17, 15) is 4.39 Å². The third-order valence-corrected chi connectivity index (χ3v) is 4.97. The highest BCUT2D eigenvalue weighted by atomic mass is 35.5. The lowest BCUT2D eigenvalue weighted by Crippen LogP contribution is -2.20. The van der Waals surface area contributed by atoms with E-state index < -0.39 is 5.82 Å². The van der Waals surface area contributed by atoms with Crippen molar-refractivity contribution in [2.75, 3.05) is 12.4 Å². The fraction of sp³-hybridized carbons (Fsp3) is 0.176. The number of benzodiazepines with no additional fused rings is 1. The Hall–Kier alpha value is -1.69. The van der Waals surface area contributed by atoms with Crippen LogP contribution in [-0.4, -0.2) is 23.9 Å². The van der Waals surface area contributed by atoms with Crippen molar-refractivity contribution in [1.29, 1.82) is 0 Å². The van der Waals surface area contributed by atoms with Gasteiger partial charge in [0, 0.05) is 16.8 Å². The second kappa shape index (κ2) is 6.67. The predicted molar refractivity (Wildman–Crippen MR) is 101 cm³/mol. The predicted octanol–water partition coefficient (Wildman–Crippen LogP) is 5.12. The number of methoxy groups -OCH3 is 1. The summed E-state index contributed by atoms with van der Waals surface area (Å²) in [6.07, 6.45) is 0. The Kier molecular flexibility index (Phi) is 4.76. The van der Waals surface area contributed by atoms with Crippen LogP contribution < -0.4 is 10.1 Å². The molecular weight excluding hydrogens is 370 g/mol. The van der Waals surface area contributed by atoms with Gasteiger partial charge in [0.05, 0.1) is 28.9 Å². The van der Waals surface area contributed by atoms with E-state index in [1.165, 1.54) is 13.2 Å².